The summed E-state index contributed by atoms with van der Waals surface area (Å²) in [5.41, 5.74) is 3.15. The zero-order chi connectivity index (χ0) is 20.9. The Bertz CT molecular complexity index is 1070. The van der Waals surface area contributed by atoms with Crippen LogP contribution in [0, 0.1) is 6.92 Å². The van der Waals surface area contributed by atoms with E-state index in [0.717, 1.165) is 35.7 Å². The number of benzene rings is 1. The van der Waals surface area contributed by atoms with Crippen LogP contribution in [0.5, 0.6) is 0 Å². The molecule has 0 spiro atoms. The van der Waals surface area contributed by atoms with Crippen molar-refractivity contribution in [3.63, 3.8) is 0 Å². The first-order valence-corrected chi connectivity index (χ1v) is 10.8. The van der Waals surface area contributed by atoms with E-state index in [-0.39, 0.29) is 11.8 Å². The number of hydrogen-bond donors (Lipinski definition) is 1. The van der Waals surface area contributed by atoms with Gasteiger partial charge >= 0.3 is 0 Å². The van der Waals surface area contributed by atoms with Crippen molar-refractivity contribution < 1.29 is 14.1 Å². The summed E-state index contributed by atoms with van der Waals surface area (Å²) in [6, 6.07) is 13.1. The lowest BCUT2D eigenvalue weighted by Crippen LogP contribution is -2.25. The molecule has 1 aliphatic heterocycles. The van der Waals surface area contributed by atoms with Crippen LogP contribution in [0.1, 0.15) is 40.2 Å². The topological polar surface area (TPSA) is 88.3 Å². The van der Waals surface area contributed by atoms with Gasteiger partial charge in [0, 0.05) is 43.2 Å². The molecule has 30 heavy (non-hydrogen) atoms. The van der Waals surface area contributed by atoms with Gasteiger partial charge in [-0.2, -0.15) is 0 Å². The number of carbonyl (C=O) groups excluding carboxylic acids is 2. The van der Waals surface area contributed by atoms with E-state index in [4.69, 9.17) is 4.52 Å². The second-order valence-electron chi connectivity index (χ2n) is 7.08. The number of nitrogens with one attached hydrogen (secondary N) is 1. The Morgan fingerprint density at radius 3 is 2.93 bits per heavy atom. The van der Waals surface area contributed by atoms with Crippen molar-refractivity contribution in [1.29, 1.82) is 0 Å². The normalized spacial score (nSPS) is 13.6. The van der Waals surface area contributed by atoms with Crippen LogP contribution in [0.15, 0.2) is 58.2 Å². The summed E-state index contributed by atoms with van der Waals surface area (Å²) in [6.07, 6.45) is 3.15. The van der Waals surface area contributed by atoms with E-state index >= 15 is 0 Å². The van der Waals surface area contributed by atoms with Crippen LogP contribution in [0.3, 0.4) is 0 Å². The fourth-order valence-corrected chi connectivity index (χ4v) is 4.21. The summed E-state index contributed by atoms with van der Waals surface area (Å²) in [5.74, 6) is 1.28. The lowest BCUT2D eigenvalue weighted by atomic mass is 10.2. The maximum absolute atomic E-state index is 12.8. The third-order valence-electron chi connectivity index (χ3n) is 4.80. The van der Waals surface area contributed by atoms with Crippen molar-refractivity contribution >= 4 is 29.3 Å². The minimum Gasteiger partial charge on any atom is -0.361 e. The molecule has 3 aromatic rings. The first-order chi connectivity index (χ1) is 14.6. The Morgan fingerprint density at radius 1 is 1.27 bits per heavy atom. The summed E-state index contributed by atoms with van der Waals surface area (Å²) >= 11 is 1.44. The maximum atomic E-state index is 12.8. The van der Waals surface area contributed by atoms with Crippen LogP contribution >= 0.6 is 11.8 Å². The molecule has 3 heterocycles. The minimum absolute atomic E-state index is 0.149. The van der Waals surface area contributed by atoms with Crippen molar-refractivity contribution in [2.45, 2.75) is 37.1 Å². The summed E-state index contributed by atoms with van der Waals surface area (Å²) in [5, 5.41) is 7.58. The molecule has 0 bridgehead atoms. The number of carbonyl (C=O) groups is 2. The van der Waals surface area contributed by atoms with Gasteiger partial charge in [-0.25, -0.2) is 4.98 Å². The fraction of sp³-hybridized carbons (Fsp3) is 0.273. The molecule has 0 saturated carbocycles. The van der Waals surface area contributed by atoms with Crippen LogP contribution in [0.2, 0.25) is 0 Å². The smallest absolute Gasteiger partial charge is 0.254 e. The highest BCUT2D eigenvalue weighted by Crippen LogP contribution is 2.25. The summed E-state index contributed by atoms with van der Waals surface area (Å²) in [7, 11) is 0. The number of pyridine rings is 1. The van der Waals surface area contributed by atoms with Crippen LogP contribution in [0.4, 0.5) is 5.69 Å². The molecule has 0 aliphatic carbocycles. The molecular weight excluding hydrogens is 400 g/mol. The molecule has 2 aromatic heterocycles. The molecule has 1 aromatic carbocycles. The number of nitrogens with zero attached hydrogens (tertiary/aromatic N) is 3. The van der Waals surface area contributed by atoms with Gasteiger partial charge in [0.05, 0.1) is 11.3 Å². The SMILES string of the molecule is Cc1cc(CSc2ncccc2C(=O)NCc2cccc(N3CCCC3=O)c2)no1. The van der Waals surface area contributed by atoms with Gasteiger partial charge < -0.3 is 14.7 Å². The second-order valence-corrected chi connectivity index (χ2v) is 8.04. The van der Waals surface area contributed by atoms with Gasteiger partial charge in [0.1, 0.15) is 10.8 Å². The summed E-state index contributed by atoms with van der Waals surface area (Å²) in [6.45, 7) is 2.96. The largest absolute Gasteiger partial charge is 0.361 e. The molecule has 154 valence electrons. The first-order valence-electron chi connectivity index (χ1n) is 9.77. The molecule has 2 amide bonds. The van der Waals surface area contributed by atoms with Gasteiger partial charge in [0.2, 0.25) is 5.91 Å². The van der Waals surface area contributed by atoms with Crippen molar-refractivity contribution in [2.75, 3.05) is 11.4 Å². The number of amides is 2. The molecule has 0 atom stereocenters. The molecule has 1 aliphatic rings. The molecule has 7 nitrogen and oxygen atoms in total. The molecule has 1 fully saturated rings. The molecule has 0 radical (unpaired) electrons. The van der Waals surface area contributed by atoms with Gasteiger partial charge in [-0.1, -0.05) is 29.1 Å². The summed E-state index contributed by atoms with van der Waals surface area (Å²) < 4.78 is 5.08. The van der Waals surface area contributed by atoms with Gasteiger partial charge in [0.15, 0.2) is 0 Å². The predicted molar refractivity (Wildman–Crippen MR) is 114 cm³/mol. The van der Waals surface area contributed by atoms with Crippen LogP contribution < -0.4 is 10.2 Å². The van der Waals surface area contributed by atoms with Crippen molar-refractivity contribution in [3.8, 4) is 0 Å². The highest BCUT2D eigenvalue weighted by Gasteiger charge is 2.21. The fourth-order valence-electron chi connectivity index (χ4n) is 3.34. The van der Waals surface area contributed by atoms with E-state index in [1.165, 1.54) is 11.8 Å². The quantitative estimate of drug-likeness (QED) is 0.584. The third kappa shape index (κ3) is 4.71. The van der Waals surface area contributed by atoms with Gasteiger partial charge in [0.25, 0.3) is 5.91 Å². The van der Waals surface area contributed by atoms with E-state index in [9.17, 15) is 9.59 Å². The number of hydrogen-bond acceptors (Lipinski definition) is 6. The molecule has 1 saturated heterocycles. The van der Waals surface area contributed by atoms with E-state index in [0.29, 0.717) is 29.3 Å². The minimum atomic E-state index is -0.190. The molecule has 0 unspecified atom stereocenters. The number of aryl methyl sites for hydroxylation is 1. The highest BCUT2D eigenvalue weighted by molar-refractivity contribution is 7.98. The van der Waals surface area contributed by atoms with Gasteiger partial charge in [-0.15, -0.1) is 0 Å². The van der Waals surface area contributed by atoms with Gasteiger partial charge in [-0.05, 0) is 43.2 Å². The third-order valence-corrected chi connectivity index (χ3v) is 5.84. The lowest BCUT2D eigenvalue weighted by molar-refractivity contribution is -0.117. The average Bonchev–Trinajstić information content (AvgIpc) is 3.38. The van der Waals surface area contributed by atoms with Crippen LogP contribution in [0.25, 0.3) is 0 Å². The van der Waals surface area contributed by atoms with Crippen molar-refractivity contribution in [2.24, 2.45) is 0 Å². The number of rotatable bonds is 7. The predicted octanol–water partition coefficient (Wildman–Crippen LogP) is 3.73. The van der Waals surface area contributed by atoms with Crippen LogP contribution in [-0.2, 0) is 17.1 Å². The van der Waals surface area contributed by atoms with E-state index in [2.05, 4.69) is 15.5 Å². The van der Waals surface area contributed by atoms with Crippen molar-refractivity contribution in [1.82, 2.24) is 15.5 Å². The summed E-state index contributed by atoms with van der Waals surface area (Å²) in [4.78, 5) is 30.9. The zero-order valence-electron chi connectivity index (χ0n) is 16.6. The second kappa shape index (κ2) is 9.13. The first kappa shape index (κ1) is 20.2. The Hall–Kier alpha value is -3.13. The number of thioether (sulfide) groups is 1. The van der Waals surface area contributed by atoms with E-state index in [1.807, 2.05) is 37.3 Å². The average molecular weight is 423 g/mol. The monoisotopic (exact) mass is 422 g/mol. The molecule has 8 heteroatoms. The Kier molecular flexibility index (Phi) is 6.13. The maximum Gasteiger partial charge on any atom is 0.254 e. The molecule has 1 N–H and O–H groups in total. The zero-order valence-corrected chi connectivity index (χ0v) is 17.4. The number of aromatic nitrogens is 2. The Balaban J connectivity index is 1.40. The van der Waals surface area contributed by atoms with Gasteiger partial charge in [-0.3, -0.25) is 9.59 Å². The van der Waals surface area contributed by atoms with Crippen LogP contribution in [-0.4, -0.2) is 28.5 Å². The Labute approximate surface area is 178 Å². The molecular formula is C22H22N4O3S. The Morgan fingerprint density at radius 2 is 2.17 bits per heavy atom. The van der Waals surface area contributed by atoms with E-state index < -0.39 is 0 Å². The number of anilines is 1. The van der Waals surface area contributed by atoms with Crippen molar-refractivity contribution in [3.05, 3.63) is 71.2 Å². The highest BCUT2D eigenvalue weighted by atomic mass is 32.2. The van der Waals surface area contributed by atoms with E-state index in [1.54, 1.807) is 23.2 Å². The molecule has 4 rings (SSSR count). The lowest BCUT2D eigenvalue weighted by Gasteiger charge is -2.17. The standard InChI is InChI=1S/C22H22N4O3S/c1-15-11-17(25-29-15)14-30-22-19(7-3-9-23-22)21(28)24-13-16-5-2-6-18(12-16)26-10-4-8-20(26)27/h2-3,5-7,9,11-12H,4,8,10,13-14H2,1H3,(H,24,28).